The number of amides is 1. The van der Waals surface area contributed by atoms with E-state index in [-0.39, 0.29) is 12.3 Å². The zero-order chi connectivity index (χ0) is 14.7. The number of aliphatic carboxylic acids is 1. The summed E-state index contributed by atoms with van der Waals surface area (Å²) in [5.74, 6) is -0.970. The van der Waals surface area contributed by atoms with Crippen LogP contribution in [0.5, 0.6) is 0 Å². The molecule has 1 fully saturated rings. The molecule has 1 saturated heterocycles. The number of morpholine rings is 1. The fourth-order valence-electron chi connectivity index (χ4n) is 2.28. The predicted molar refractivity (Wildman–Crippen MR) is 73.8 cm³/mol. The number of carbonyl (C=O) groups excluding carboxylic acids is 1. The molecular weight excluding hydrogens is 258 g/mol. The van der Waals surface area contributed by atoms with Crippen LogP contribution < -0.4 is 0 Å². The van der Waals surface area contributed by atoms with Crippen LogP contribution in [0.1, 0.15) is 27.9 Å². The van der Waals surface area contributed by atoms with Crippen molar-refractivity contribution in [2.75, 3.05) is 19.7 Å². The van der Waals surface area contributed by atoms with Gasteiger partial charge in [-0.05, 0) is 37.1 Å². The van der Waals surface area contributed by atoms with Crippen molar-refractivity contribution in [2.45, 2.75) is 26.4 Å². The van der Waals surface area contributed by atoms with Crippen LogP contribution in [0.4, 0.5) is 0 Å². The molecular formula is C15H19NO4. The highest BCUT2D eigenvalue weighted by atomic mass is 16.5. The number of hydrogen-bond acceptors (Lipinski definition) is 3. The maximum atomic E-state index is 12.4. The summed E-state index contributed by atoms with van der Waals surface area (Å²) in [5.41, 5.74) is 2.86. The van der Waals surface area contributed by atoms with Crippen molar-refractivity contribution in [3.63, 3.8) is 0 Å². The largest absolute Gasteiger partial charge is 0.481 e. The Bertz CT molecular complexity index is 527. The van der Waals surface area contributed by atoms with Gasteiger partial charge in [0.25, 0.3) is 5.91 Å². The second-order valence-electron chi connectivity index (χ2n) is 5.14. The molecule has 108 valence electrons. The van der Waals surface area contributed by atoms with Crippen LogP contribution >= 0.6 is 0 Å². The Labute approximate surface area is 118 Å². The first-order valence-corrected chi connectivity index (χ1v) is 6.67. The zero-order valence-corrected chi connectivity index (χ0v) is 11.8. The Hall–Kier alpha value is -1.88. The molecule has 0 aromatic heterocycles. The van der Waals surface area contributed by atoms with E-state index in [4.69, 9.17) is 9.84 Å². The first-order chi connectivity index (χ1) is 9.47. The summed E-state index contributed by atoms with van der Waals surface area (Å²) in [6.45, 7) is 5.19. The molecule has 5 nitrogen and oxygen atoms in total. The van der Waals surface area contributed by atoms with Crippen molar-refractivity contribution in [1.82, 2.24) is 4.90 Å². The molecule has 1 aromatic carbocycles. The summed E-state index contributed by atoms with van der Waals surface area (Å²) in [6, 6.07) is 5.61. The summed E-state index contributed by atoms with van der Waals surface area (Å²) >= 11 is 0. The lowest BCUT2D eigenvalue weighted by atomic mass is 10.0. The van der Waals surface area contributed by atoms with Crippen molar-refractivity contribution >= 4 is 11.9 Å². The van der Waals surface area contributed by atoms with E-state index in [0.29, 0.717) is 25.3 Å². The highest BCUT2D eigenvalue weighted by Crippen LogP contribution is 2.15. The molecule has 0 bridgehead atoms. The average Bonchev–Trinajstić information content (AvgIpc) is 2.40. The van der Waals surface area contributed by atoms with Crippen molar-refractivity contribution in [1.29, 1.82) is 0 Å². The lowest BCUT2D eigenvalue weighted by Gasteiger charge is -2.32. The molecule has 0 aliphatic carbocycles. The van der Waals surface area contributed by atoms with Crippen LogP contribution in [0.25, 0.3) is 0 Å². The fourth-order valence-corrected chi connectivity index (χ4v) is 2.28. The third-order valence-electron chi connectivity index (χ3n) is 3.58. The topological polar surface area (TPSA) is 66.8 Å². The van der Waals surface area contributed by atoms with E-state index >= 15 is 0 Å². The minimum absolute atomic E-state index is 0.0632. The van der Waals surface area contributed by atoms with E-state index < -0.39 is 12.1 Å². The van der Waals surface area contributed by atoms with Crippen LogP contribution in [-0.2, 0) is 9.53 Å². The molecule has 1 aliphatic rings. The molecule has 2 rings (SSSR count). The van der Waals surface area contributed by atoms with Gasteiger partial charge >= 0.3 is 5.97 Å². The van der Waals surface area contributed by atoms with Crippen LogP contribution in [0, 0.1) is 13.8 Å². The third-order valence-corrected chi connectivity index (χ3v) is 3.58. The van der Waals surface area contributed by atoms with Crippen molar-refractivity contribution in [3.05, 3.63) is 34.9 Å². The quantitative estimate of drug-likeness (QED) is 0.911. The first kappa shape index (κ1) is 14.5. The lowest BCUT2D eigenvalue weighted by molar-refractivity contribution is -0.141. The number of nitrogens with zero attached hydrogens (tertiary/aromatic N) is 1. The summed E-state index contributed by atoms with van der Waals surface area (Å²) in [4.78, 5) is 24.8. The van der Waals surface area contributed by atoms with Gasteiger partial charge in [-0.1, -0.05) is 6.07 Å². The van der Waals surface area contributed by atoms with Crippen molar-refractivity contribution < 1.29 is 19.4 Å². The van der Waals surface area contributed by atoms with Gasteiger partial charge in [0, 0.05) is 18.7 Å². The van der Waals surface area contributed by atoms with Crippen LogP contribution in [-0.4, -0.2) is 47.7 Å². The molecule has 1 aliphatic heterocycles. The molecule has 20 heavy (non-hydrogen) atoms. The van der Waals surface area contributed by atoms with E-state index in [1.807, 2.05) is 32.0 Å². The highest BCUT2D eigenvalue weighted by Gasteiger charge is 2.26. The molecule has 1 N–H and O–H groups in total. The molecule has 5 heteroatoms. The molecule has 0 unspecified atom stereocenters. The normalized spacial score (nSPS) is 18.9. The number of benzene rings is 1. The van der Waals surface area contributed by atoms with Crippen LogP contribution in [0.3, 0.4) is 0 Å². The molecule has 1 amide bonds. The van der Waals surface area contributed by atoms with Crippen molar-refractivity contribution in [3.8, 4) is 0 Å². The number of ether oxygens (including phenoxy) is 1. The number of carboxylic acid groups (broad SMARTS) is 1. The van der Waals surface area contributed by atoms with Crippen LogP contribution in [0.15, 0.2) is 18.2 Å². The molecule has 0 saturated carbocycles. The summed E-state index contributed by atoms with van der Waals surface area (Å²) in [7, 11) is 0. The molecule has 1 heterocycles. The Kier molecular flexibility index (Phi) is 4.39. The van der Waals surface area contributed by atoms with Gasteiger partial charge in [-0.2, -0.15) is 0 Å². The Morgan fingerprint density at radius 2 is 2.10 bits per heavy atom. The summed E-state index contributed by atoms with van der Waals surface area (Å²) < 4.78 is 5.37. The van der Waals surface area contributed by atoms with E-state index in [0.717, 1.165) is 11.1 Å². The SMILES string of the molecule is Cc1ccc(C(=O)N2CCO[C@H](CC(=O)O)C2)cc1C. The first-order valence-electron chi connectivity index (χ1n) is 6.67. The fraction of sp³-hybridized carbons (Fsp3) is 0.467. The van der Waals surface area contributed by atoms with Gasteiger partial charge < -0.3 is 14.7 Å². The van der Waals surface area contributed by atoms with Crippen LogP contribution in [0.2, 0.25) is 0 Å². The highest BCUT2D eigenvalue weighted by molar-refractivity contribution is 5.94. The van der Waals surface area contributed by atoms with Gasteiger partial charge in [-0.25, -0.2) is 0 Å². The number of aryl methyl sites for hydroxylation is 2. The Morgan fingerprint density at radius 1 is 1.35 bits per heavy atom. The Morgan fingerprint density at radius 3 is 2.75 bits per heavy atom. The standard InChI is InChI=1S/C15H19NO4/c1-10-3-4-12(7-11(10)2)15(19)16-5-6-20-13(9-16)8-14(17)18/h3-4,7,13H,5-6,8-9H2,1-2H3,(H,17,18)/t13-/m1/s1. The minimum Gasteiger partial charge on any atom is -0.481 e. The number of hydrogen-bond donors (Lipinski definition) is 1. The van der Waals surface area contributed by atoms with E-state index in [1.54, 1.807) is 4.90 Å². The second-order valence-corrected chi connectivity index (χ2v) is 5.14. The summed E-state index contributed by atoms with van der Waals surface area (Å²) in [6.07, 6.45) is -0.492. The van der Waals surface area contributed by atoms with Crippen molar-refractivity contribution in [2.24, 2.45) is 0 Å². The number of rotatable bonds is 3. The Balaban J connectivity index is 2.08. The van der Waals surface area contributed by atoms with E-state index in [1.165, 1.54) is 0 Å². The molecule has 1 aromatic rings. The molecule has 0 radical (unpaired) electrons. The zero-order valence-electron chi connectivity index (χ0n) is 11.8. The van der Waals surface area contributed by atoms with Gasteiger partial charge in [0.05, 0.1) is 19.1 Å². The maximum Gasteiger partial charge on any atom is 0.306 e. The number of carboxylic acids is 1. The van der Waals surface area contributed by atoms with E-state index in [2.05, 4.69) is 0 Å². The number of carbonyl (C=O) groups is 2. The maximum absolute atomic E-state index is 12.4. The van der Waals surface area contributed by atoms with Gasteiger partial charge in [0.1, 0.15) is 0 Å². The van der Waals surface area contributed by atoms with Gasteiger partial charge in [-0.3, -0.25) is 9.59 Å². The molecule has 0 spiro atoms. The van der Waals surface area contributed by atoms with E-state index in [9.17, 15) is 9.59 Å². The van der Waals surface area contributed by atoms with Gasteiger partial charge in [0.15, 0.2) is 0 Å². The summed E-state index contributed by atoms with van der Waals surface area (Å²) in [5, 5.41) is 8.79. The van der Waals surface area contributed by atoms with Gasteiger partial charge in [0.2, 0.25) is 0 Å². The second kappa shape index (κ2) is 6.05. The minimum atomic E-state index is -0.907. The van der Waals surface area contributed by atoms with Gasteiger partial charge in [-0.15, -0.1) is 0 Å². The average molecular weight is 277 g/mol. The lowest BCUT2D eigenvalue weighted by Crippen LogP contribution is -2.46. The molecule has 1 atom stereocenters. The predicted octanol–water partition coefficient (Wildman–Crippen LogP) is 1.62. The third kappa shape index (κ3) is 3.36. The monoisotopic (exact) mass is 277 g/mol. The smallest absolute Gasteiger partial charge is 0.306 e.